The molecule has 3 nitrogen and oxygen atoms in total. The molecule has 0 aromatic heterocycles. The van der Waals surface area contributed by atoms with E-state index in [9.17, 15) is 8.76 Å². The third-order valence-corrected chi connectivity index (χ3v) is 0.500. The SMILES string of the molecule is CNS(=O)[O-].[Rh]. The average Bonchev–Trinajstić information content (AvgIpc) is 1.38. The molecular formula is CH4NO2RhS-. The molecule has 0 saturated carbocycles. The van der Waals surface area contributed by atoms with E-state index in [4.69, 9.17) is 0 Å². The molecule has 0 bridgehead atoms. The maximum Gasteiger partial charge on any atom is 0.0178 e. The molecule has 1 unspecified atom stereocenters. The van der Waals surface area contributed by atoms with Gasteiger partial charge in [0.05, 0.1) is 0 Å². The van der Waals surface area contributed by atoms with Crippen LogP contribution < -0.4 is 4.72 Å². The molecule has 1 N–H and O–H groups in total. The zero-order valence-electron chi connectivity index (χ0n) is 3.06. The normalized spacial score (nSPS) is 12.3. The van der Waals surface area contributed by atoms with Crippen molar-refractivity contribution in [3.8, 4) is 0 Å². The van der Waals surface area contributed by atoms with Crippen LogP contribution >= 0.6 is 0 Å². The number of rotatable bonds is 1. The molecule has 1 atom stereocenters. The average molecular weight is 197 g/mol. The van der Waals surface area contributed by atoms with Gasteiger partial charge in [0.25, 0.3) is 0 Å². The van der Waals surface area contributed by atoms with Crippen molar-refractivity contribution in [1.29, 1.82) is 0 Å². The van der Waals surface area contributed by atoms with Gasteiger partial charge in [-0.15, -0.1) is 0 Å². The summed E-state index contributed by atoms with van der Waals surface area (Å²) >= 11 is -2.07. The van der Waals surface area contributed by atoms with Crippen LogP contribution in [0.4, 0.5) is 0 Å². The largest absolute Gasteiger partial charge is 0.760 e. The van der Waals surface area contributed by atoms with Crippen LogP contribution in [0.2, 0.25) is 0 Å². The number of nitrogens with one attached hydrogen (secondary N) is 1. The van der Waals surface area contributed by atoms with Crippen molar-refractivity contribution in [3.63, 3.8) is 0 Å². The van der Waals surface area contributed by atoms with Gasteiger partial charge in [0.2, 0.25) is 0 Å². The Hall–Kier alpha value is 0.693. The zero-order chi connectivity index (χ0) is 4.28. The van der Waals surface area contributed by atoms with Crippen molar-refractivity contribution in [2.24, 2.45) is 0 Å². The van der Waals surface area contributed by atoms with Crippen LogP contribution in [0.1, 0.15) is 0 Å². The van der Waals surface area contributed by atoms with Gasteiger partial charge in [-0.3, -0.25) is 8.93 Å². The van der Waals surface area contributed by atoms with Crippen molar-refractivity contribution in [1.82, 2.24) is 4.72 Å². The summed E-state index contributed by atoms with van der Waals surface area (Å²) in [6, 6.07) is 0. The summed E-state index contributed by atoms with van der Waals surface area (Å²) in [6.45, 7) is 0. The Bertz CT molecular complexity index is 48.8. The number of hydrogen-bond acceptors (Lipinski definition) is 2. The van der Waals surface area contributed by atoms with E-state index in [-0.39, 0.29) is 19.5 Å². The van der Waals surface area contributed by atoms with Crippen LogP contribution in [0.25, 0.3) is 0 Å². The Morgan fingerprint density at radius 3 is 2.00 bits per heavy atom. The van der Waals surface area contributed by atoms with Crippen LogP contribution in [-0.2, 0) is 30.7 Å². The third kappa shape index (κ3) is 8.83. The van der Waals surface area contributed by atoms with Crippen LogP contribution in [0.5, 0.6) is 0 Å². The second-order valence-corrected chi connectivity index (χ2v) is 1.32. The second-order valence-electron chi connectivity index (χ2n) is 0.439. The monoisotopic (exact) mass is 197 g/mol. The molecule has 0 amide bonds. The summed E-state index contributed by atoms with van der Waals surface area (Å²) in [5.74, 6) is 0. The third-order valence-electron chi connectivity index (χ3n) is 0.167. The Morgan fingerprint density at radius 1 is 1.83 bits per heavy atom. The molecule has 0 spiro atoms. The Labute approximate surface area is 51.7 Å². The van der Waals surface area contributed by atoms with Crippen LogP contribution in [0.15, 0.2) is 0 Å². The summed E-state index contributed by atoms with van der Waals surface area (Å²) < 4.78 is 20.5. The van der Waals surface area contributed by atoms with Gasteiger partial charge in [0.15, 0.2) is 0 Å². The molecule has 0 saturated heterocycles. The molecule has 1 radical (unpaired) electrons. The number of hydrogen-bond donors (Lipinski definition) is 1. The Morgan fingerprint density at radius 2 is 2.00 bits per heavy atom. The molecule has 0 aromatic carbocycles. The summed E-state index contributed by atoms with van der Waals surface area (Å²) in [6.07, 6.45) is 0. The van der Waals surface area contributed by atoms with Gasteiger partial charge >= 0.3 is 0 Å². The first-order chi connectivity index (χ1) is 2.27. The fourth-order valence-electron chi connectivity index (χ4n) is 0. The van der Waals surface area contributed by atoms with Gasteiger partial charge in [-0.05, 0) is 7.05 Å². The van der Waals surface area contributed by atoms with E-state index in [0.29, 0.717) is 0 Å². The van der Waals surface area contributed by atoms with Crippen molar-refractivity contribution in [3.05, 3.63) is 0 Å². The molecule has 5 heteroatoms. The topological polar surface area (TPSA) is 52.2 Å². The van der Waals surface area contributed by atoms with E-state index >= 15 is 0 Å². The first kappa shape index (κ1) is 9.85. The van der Waals surface area contributed by atoms with Crippen molar-refractivity contribution >= 4 is 11.3 Å². The minimum atomic E-state index is -2.07. The van der Waals surface area contributed by atoms with Crippen LogP contribution in [0, 0.1) is 0 Å². The summed E-state index contributed by atoms with van der Waals surface area (Å²) in [4.78, 5) is 0. The fraction of sp³-hybridized carbons (Fsp3) is 1.00. The van der Waals surface area contributed by atoms with Crippen molar-refractivity contribution in [2.75, 3.05) is 7.05 Å². The van der Waals surface area contributed by atoms with E-state index < -0.39 is 11.3 Å². The standard InChI is InChI=1S/CH5NO2S.Rh/c1-2-5(3)4;/h2H,1H3,(H,3,4);/p-1. The molecule has 41 valence electrons. The van der Waals surface area contributed by atoms with Gasteiger partial charge in [-0.25, -0.2) is 0 Å². The van der Waals surface area contributed by atoms with Gasteiger partial charge in [0, 0.05) is 30.7 Å². The van der Waals surface area contributed by atoms with E-state index in [0.717, 1.165) is 0 Å². The molecular weight excluding hydrogens is 193 g/mol. The first-order valence-electron chi connectivity index (χ1n) is 1.04. The van der Waals surface area contributed by atoms with Crippen molar-refractivity contribution in [2.45, 2.75) is 0 Å². The second kappa shape index (κ2) is 5.69. The molecule has 0 aliphatic rings. The molecule has 0 fully saturated rings. The maximum atomic E-state index is 9.26. The molecule has 0 rings (SSSR count). The Balaban J connectivity index is 0. The molecule has 0 aromatic rings. The van der Waals surface area contributed by atoms with Gasteiger partial charge in [-0.2, -0.15) is 0 Å². The minimum absolute atomic E-state index is 0. The summed E-state index contributed by atoms with van der Waals surface area (Å²) in [7, 11) is 1.34. The van der Waals surface area contributed by atoms with Gasteiger partial charge in [-0.1, -0.05) is 0 Å². The zero-order valence-corrected chi connectivity index (χ0v) is 5.51. The Kier molecular flexibility index (Phi) is 9.35. The summed E-state index contributed by atoms with van der Waals surface area (Å²) in [5, 5.41) is 0. The van der Waals surface area contributed by atoms with E-state index in [2.05, 4.69) is 0 Å². The maximum absolute atomic E-state index is 9.26. The quantitative estimate of drug-likeness (QED) is 0.432. The predicted octanol–water partition coefficient (Wildman–Crippen LogP) is -1.00. The van der Waals surface area contributed by atoms with Crippen molar-refractivity contribution < 1.29 is 28.2 Å². The van der Waals surface area contributed by atoms with E-state index in [1.165, 1.54) is 7.05 Å². The molecule has 0 heterocycles. The van der Waals surface area contributed by atoms with E-state index in [1.807, 2.05) is 4.72 Å². The van der Waals surface area contributed by atoms with Crippen LogP contribution in [0.3, 0.4) is 0 Å². The summed E-state index contributed by atoms with van der Waals surface area (Å²) in [5.41, 5.74) is 0. The predicted molar refractivity (Wildman–Crippen MR) is 18.0 cm³/mol. The van der Waals surface area contributed by atoms with Crippen LogP contribution in [-0.4, -0.2) is 15.8 Å². The van der Waals surface area contributed by atoms with E-state index in [1.54, 1.807) is 0 Å². The van der Waals surface area contributed by atoms with Gasteiger partial charge in [0.1, 0.15) is 0 Å². The molecule has 6 heavy (non-hydrogen) atoms. The molecule has 0 aliphatic carbocycles. The fourth-order valence-corrected chi connectivity index (χ4v) is 0. The first-order valence-corrected chi connectivity index (χ1v) is 2.11. The molecule has 0 aliphatic heterocycles. The minimum Gasteiger partial charge on any atom is -0.760 e. The smallest absolute Gasteiger partial charge is 0.0178 e. The van der Waals surface area contributed by atoms with Gasteiger partial charge < -0.3 is 4.55 Å².